The highest BCUT2D eigenvalue weighted by Gasteiger charge is 2.16. The molecule has 0 unspecified atom stereocenters. The molecule has 0 saturated carbocycles. The fourth-order valence-corrected chi connectivity index (χ4v) is 1.52. The van der Waals surface area contributed by atoms with Gasteiger partial charge in [0.1, 0.15) is 5.75 Å². The van der Waals surface area contributed by atoms with Crippen LogP contribution in [0.25, 0.3) is 0 Å². The smallest absolute Gasteiger partial charge is 0.237 e. The van der Waals surface area contributed by atoms with E-state index in [1.165, 1.54) is 0 Å². The van der Waals surface area contributed by atoms with Crippen LogP contribution in [0.2, 0.25) is 0 Å². The molecule has 19 heavy (non-hydrogen) atoms. The quantitative estimate of drug-likeness (QED) is 0.842. The molecule has 1 aromatic rings. The van der Waals surface area contributed by atoms with Crippen LogP contribution in [0, 0.1) is 5.92 Å². The number of nitrogens with two attached hydrogens (primary N) is 1. The number of hydrogen-bond acceptors (Lipinski definition) is 3. The Kier molecular flexibility index (Phi) is 8.19. The number of carbonyl (C=O) groups is 1. The maximum absolute atomic E-state index is 11.7. The van der Waals surface area contributed by atoms with Gasteiger partial charge in [-0.25, -0.2) is 0 Å². The van der Waals surface area contributed by atoms with E-state index in [-0.39, 0.29) is 24.2 Å². The molecule has 0 spiro atoms. The highest BCUT2D eigenvalue weighted by Crippen LogP contribution is 2.13. The van der Waals surface area contributed by atoms with E-state index in [1.54, 1.807) is 0 Å². The predicted molar refractivity (Wildman–Crippen MR) is 79.5 cm³/mol. The largest absolute Gasteiger partial charge is 0.494 e. The number of carbonyl (C=O) groups excluding carboxylic acids is 1. The summed E-state index contributed by atoms with van der Waals surface area (Å²) in [6.07, 6.45) is 0. The van der Waals surface area contributed by atoms with Gasteiger partial charge in [0.2, 0.25) is 5.91 Å². The lowest BCUT2D eigenvalue weighted by molar-refractivity contribution is -0.123. The molecule has 0 radical (unpaired) electrons. The van der Waals surface area contributed by atoms with Crippen LogP contribution in [0.5, 0.6) is 5.75 Å². The summed E-state index contributed by atoms with van der Waals surface area (Å²) < 4.78 is 5.40. The van der Waals surface area contributed by atoms with Gasteiger partial charge in [0, 0.05) is 6.54 Å². The summed E-state index contributed by atoms with van der Waals surface area (Å²) in [7, 11) is 0. The van der Waals surface area contributed by atoms with E-state index < -0.39 is 6.04 Å². The van der Waals surface area contributed by atoms with Gasteiger partial charge in [-0.1, -0.05) is 26.0 Å². The van der Waals surface area contributed by atoms with Gasteiger partial charge in [-0.15, -0.1) is 12.4 Å². The topological polar surface area (TPSA) is 64.3 Å². The number of hydrogen-bond donors (Lipinski definition) is 2. The predicted octanol–water partition coefficient (Wildman–Crippen LogP) is 2.11. The molecule has 3 N–H and O–H groups in total. The first kappa shape index (κ1) is 17.7. The molecule has 1 aromatic carbocycles. The van der Waals surface area contributed by atoms with E-state index in [0.29, 0.717) is 13.2 Å². The van der Waals surface area contributed by atoms with Crippen molar-refractivity contribution in [2.24, 2.45) is 11.7 Å². The van der Waals surface area contributed by atoms with Crippen molar-refractivity contribution < 1.29 is 9.53 Å². The summed E-state index contributed by atoms with van der Waals surface area (Å²) in [5.41, 5.74) is 6.77. The summed E-state index contributed by atoms with van der Waals surface area (Å²) in [6.45, 7) is 6.91. The van der Waals surface area contributed by atoms with E-state index in [0.717, 1.165) is 11.3 Å². The van der Waals surface area contributed by atoms with Crippen LogP contribution < -0.4 is 15.8 Å². The standard InChI is InChI=1S/C14H22N2O2.ClH/c1-4-18-12-7-5-6-11(8-12)9-16-14(17)13(15)10(2)3;/h5-8,10,13H,4,9,15H2,1-3H3,(H,16,17);1H/t13-;/m1./s1. The van der Waals surface area contributed by atoms with Gasteiger partial charge in [0.25, 0.3) is 0 Å². The summed E-state index contributed by atoms with van der Waals surface area (Å²) in [4.78, 5) is 11.7. The number of ether oxygens (including phenoxy) is 1. The first-order chi connectivity index (χ1) is 8.54. The van der Waals surface area contributed by atoms with E-state index in [4.69, 9.17) is 10.5 Å². The van der Waals surface area contributed by atoms with Crippen molar-refractivity contribution in [2.45, 2.75) is 33.4 Å². The Labute approximate surface area is 121 Å². The van der Waals surface area contributed by atoms with Crippen molar-refractivity contribution in [1.82, 2.24) is 5.32 Å². The van der Waals surface area contributed by atoms with Gasteiger partial charge >= 0.3 is 0 Å². The molecule has 0 saturated heterocycles. The first-order valence-corrected chi connectivity index (χ1v) is 6.29. The first-order valence-electron chi connectivity index (χ1n) is 6.29. The second kappa shape index (κ2) is 8.77. The lowest BCUT2D eigenvalue weighted by Gasteiger charge is -2.15. The molecular formula is C14H23ClN2O2. The molecule has 0 fully saturated rings. The highest BCUT2D eigenvalue weighted by molar-refractivity contribution is 5.85. The molecule has 0 heterocycles. The Hall–Kier alpha value is -1.26. The maximum atomic E-state index is 11.7. The van der Waals surface area contributed by atoms with Gasteiger partial charge in [-0.05, 0) is 30.5 Å². The zero-order chi connectivity index (χ0) is 13.5. The average Bonchev–Trinajstić information content (AvgIpc) is 2.36. The van der Waals surface area contributed by atoms with Crippen molar-refractivity contribution in [3.05, 3.63) is 29.8 Å². The Morgan fingerprint density at radius 2 is 2.11 bits per heavy atom. The number of rotatable bonds is 6. The molecule has 0 aliphatic rings. The Balaban J connectivity index is 0.00000324. The van der Waals surface area contributed by atoms with E-state index in [2.05, 4.69) is 5.32 Å². The fraction of sp³-hybridized carbons (Fsp3) is 0.500. The normalized spacial score (nSPS) is 11.6. The van der Waals surface area contributed by atoms with Crippen LogP contribution >= 0.6 is 12.4 Å². The number of halogens is 1. The number of benzene rings is 1. The minimum absolute atomic E-state index is 0. The third-order valence-electron chi connectivity index (χ3n) is 2.70. The molecule has 0 aromatic heterocycles. The summed E-state index contributed by atoms with van der Waals surface area (Å²) >= 11 is 0. The number of nitrogens with one attached hydrogen (secondary N) is 1. The molecule has 4 nitrogen and oxygen atoms in total. The van der Waals surface area contributed by atoms with Crippen molar-refractivity contribution in [3.8, 4) is 5.75 Å². The van der Waals surface area contributed by atoms with Gasteiger partial charge in [0.15, 0.2) is 0 Å². The Bertz CT molecular complexity index is 397. The molecule has 108 valence electrons. The summed E-state index contributed by atoms with van der Waals surface area (Å²) in [6, 6.07) is 7.22. The third-order valence-corrected chi connectivity index (χ3v) is 2.70. The molecule has 0 aliphatic heterocycles. The molecule has 1 atom stereocenters. The molecule has 0 bridgehead atoms. The highest BCUT2D eigenvalue weighted by atomic mass is 35.5. The van der Waals surface area contributed by atoms with Crippen LogP contribution in [-0.2, 0) is 11.3 Å². The van der Waals surface area contributed by atoms with Crippen LogP contribution in [0.1, 0.15) is 26.3 Å². The van der Waals surface area contributed by atoms with Crippen LogP contribution in [0.15, 0.2) is 24.3 Å². The van der Waals surface area contributed by atoms with Crippen molar-refractivity contribution >= 4 is 18.3 Å². The van der Waals surface area contributed by atoms with E-state index in [9.17, 15) is 4.79 Å². The van der Waals surface area contributed by atoms with Crippen LogP contribution in [0.3, 0.4) is 0 Å². The van der Waals surface area contributed by atoms with Gasteiger partial charge in [0.05, 0.1) is 12.6 Å². The summed E-state index contributed by atoms with van der Waals surface area (Å²) in [5.74, 6) is 0.837. The van der Waals surface area contributed by atoms with Crippen LogP contribution in [0.4, 0.5) is 0 Å². The molecule has 1 rings (SSSR count). The second-order valence-electron chi connectivity index (χ2n) is 4.57. The Morgan fingerprint density at radius 3 is 2.68 bits per heavy atom. The zero-order valence-corrected chi connectivity index (χ0v) is 12.5. The lowest BCUT2D eigenvalue weighted by atomic mass is 10.0. The zero-order valence-electron chi connectivity index (χ0n) is 11.7. The van der Waals surface area contributed by atoms with Gasteiger partial charge < -0.3 is 15.8 Å². The van der Waals surface area contributed by atoms with Crippen molar-refractivity contribution in [2.75, 3.05) is 6.61 Å². The van der Waals surface area contributed by atoms with Crippen molar-refractivity contribution in [1.29, 1.82) is 0 Å². The average molecular weight is 287 g/mol. The second-order valence-corrected chi connectivity index (χ2v) is 4.57. The minimum atomic E-state index is -0.458. The third kappa shape index (κ3) is 5.94. The molecular weight excluding hydrogens is 264 g/mol. The molecule has 0 aliphatic carbocycles. The van der Waals surface area contributed by atoms with E-state index >= 15 is 0 Å². The van der Waals surface area contributed by atoms with Crippen LogP contribution in [-0.4, -0.2) is 18.6 Å². The summed E-state index contributed by atoms with van der Waals surface area (Å²) in [5, 5.41) is 2.83. The monoisotopic (exact) mass is 286 g/mol. The fourth-order valence-electron chi connectivity index (χ4n) is 1.52. The van der Waals surface area contributed by atoms with E-state index in [1.807, 2.05) is 45.0 Å². The number of amides is 1. The van der Waals surface area contributed by atoms with Gasteiger partial charge in [-0.2, -0.15) is 0 Å². The SMILES string of the molecule is CCOc1cccc(CNC(=O)[C@H](N)C(C)C)c1.Cl. The Morgan fingerprint density at radius 1 is 1.42 bits per heavy atom. The molecule has 5 heteroatoms. The molecule has 1 amide bonds. The van der Waals surface area contributed by atoms with Gasteiger partial charge in [-0.3, -0.25) is 4.79 Å². The van der Waals surface area contributed by atoms with Crippen molar-refractivity contribution in [3.63, 3.8) is 0 Å². The minimum Gasteiger partial charge on any atom is -0.494 e. The lowest BCUT2D eigenvalue weighted by Crippen LogP contribution is -2.43. The maximum Gasteiger partial charge on any atom is 0.237 e.